The molecule has 0 aliphatic heterocycles. The third-order valence-corrected chi connectivity index (χ3v) is 4.83. The number of nitrogens with zero attached hydrogens (tertiary/aromatic N) is 1. The third-order valence-electron chi connectivity index (χ3n) is 4.83. The third kappa shape index (κ3) is 6.07. The van der Waals surface area contributed by atoms with Gasteiger partial charge in [-0.15, -0.1) is 12.4 Å². The Labute approximate surface area is 189 Å². The first-order valence-electron chi connectivity index (χ1n) is 9.95. The van der Waals surface area contributed by atoms with E-state index in [1.54, 1.807) is 0 Å². The van der Waals surface area contributed by atoms with E-state index in [2.05, 4.69) is 4.98 Å². The molecule has 4 aromatic rings. The number of pyridine rings is 1. The van der Waals surface area contributed by atoms with E-state index in [9.17, 15) is 0 Å². The van der Waals surface area contributed by atoms with E-state index in [0.717, 1.165) is 33.6 Å². The van der Waals surface area contributed by atoms with Crippen molar-refractivity contribution >= 4 is 12.4 Å². The van der Waals surface area contributed by atoms with Gasteiger partial charge in [-0.2, -0.15) is 0 Å². The summed E-state index contributed by atoms with van der Waals surface area (Å²) in [5.74, 6) is 1.39. The Kier molecular flexibility index (Phi) is 8.05. The van der Waals surface area contributed by atoms with Crippen LogP contribution in [0.5, 0.6) is 11.6 Å². The van der Waals surface area contributed by atoms with Crippen LogP contribution in [0.25, 0.3) is 11.1 Å². The van der Waals surface area contributed by atoms with E-state index in [4.69, 9.17) is 15.2 Å². The molecule has 2 N–H and O–H groups in total. The zero-order chi connectivity index (χ0) is 20.6. The van der Waals surface area contributed by atoms with Crippen molar-refractivity contribution in [2.24, 2.45) is 5.73 Å². The summed E-state index contributed by atoms with van der Waals surface area (Å²) in [7, 11) is 0. The van der Waals surface area contributed by atoms with Crippen molar-refractivity contribution in [3.8, 4) is 22.8 Å². The second-order valence-corrected chi connectivity index (χ2v) is 6.96. The van der Waals surface area contributed by atoms with Crippen LogP contribution in [0.15, 0.2) is 97.2 Å². The number of benzene rings is 3. The summed E-state index contributed by atoms with van der Waals surface area (Å²) in [6.45, 7) is 1.46. The molecule has 4 rings (SSSR count). The van der Waals surface area contributed by atoms with Crippen LogP contribution in [0.4, 0.5) is 0 Å². The van der Waals surface area contributed by atoms with Crippen LogP contribution in [-0.4, -0.2) is 4.98 Å². The van der Waals surface area contributed by atoms with E-state index in [-0.39, 0.29) is 12.4 Å². The molecule has 31 heavy (non-hydrogen) atoms. The van der Waals surface area contributed by atoms with Crippen molar-refractivity contribution < 1.29 is 9.47 Å². The van der Waals surface area contributed by atoms with Gasteiger partial charge in [0.25, 0.3) is 0 Å². The second-order valence-electron chi connectivity index (χ2n) is 6.96. The molecule has 0 fully saturated rings. The van der Waals surface area contributed by atoms with Crippen molar-refractivity contribution in [3.63, 3.8) is 0 Å². The first-order valence-corrected chi connectivity index (χ1v) is 9.95. The van der Waals surface area contributed by atoms with E-state index in [1.165, 1.54) is 0 Å². The number of halogens is 1. The summed E-state index contributed by atoms with van der Waals surface area (Å²) >= 11 is 0. The molecule has 0 unspecified atom stereocenters. The lowest BCUT2D eigenvalue weighted by Gasteiger charge is -2.13. The van der Waals surface area contributed by atoms with Crippen LogP contribution in [0.2, 0.25) is 0 Å². The maximum atomic E-state index is 5.98. The smallest absolute Gasteiger partial charge is 0.213 e. The molecule has 0 radical (unpaired) electrons. The predicted molar refractivity (Wildman–Crippen MR) is 126 cm³/mol. The predicted octanol–water partition coefficient (Wildman–Crippen LogP) is 5.79. The van der Waals surface area contributed by atoms with E-state index in [1.807, 2.05) is 97.2 Å². The van der Waals surface area contributed by atoms with Gasteiger partial charge in [0.2, 0.25) is 5.88 Å². The molecule has 0 bridgehead atoms. The highest BCUT2D eigenvalue weighted by molar-refractivity contribution is 5.85. The fourth-order valence-electron chi connectivity index (χ4n) is 3.19. The molecule has 0 aliphatic rings. The molecule has 1 heterocycles. The highest BCUT2D eigenvalue weighted by Gasteiger charge is 2.08. The standard InChI is InChI=1S/C26H24N2O2.ClH/c27-16-22-11-13-24(29-18-20-7-3-1-4-8-20)15-25(22)23-12-14-26(28-17-23)30-19-21-9-5-2-6-10-21;/h1-15,17H,16,18-19,27H2;1H. The highest BCUT2D eigenvalue weighted by Crippen LogP contribution is 2.29. The van der Waals surface area contributed by atoms with Gasteiger partial charge in [-0.05, 0) is 40.5 Å². The quantitative estimate of drug-likeness (QED) is 0.383. The normalized spacial score (nSPS) is 10.2. The first-order chi connectivity index (χ1) is 14.8. The summed E-state index contributed by atoms with van der Waals surface area (Å²) in [5, 5.41) is 0. The van der Waals surface area contributed by atoms with Gasteiger partial charge in [0.05, 0.1) is 0 Å². The number of nitrogens with two attached hydrogens (primary N) is 1. The number of hydrogen-bond donors (Lipinski definition) is 1. The van der Waals surface area contributed by atoms with Crippen molar-refractivity contribution in [1.29, 1.82) is 0 Å². The van der Waals surface area contributed by atoms with Gasteiger partial charge in [0, 0.05) is 24.4 Å². The maximum absolute atomic E-state index is 5.98. The minimum absolute atomic E-state index is 0. The molecular formula is C26H25ClN2O2. The summed E-state index contributed by atoms with van der Waals surface area (Å²) in [4.78, 5) is 4.46. The molecule has 4 nitrogen and oxygen atoms in total. The zero-order valence-corrected chi connectivity index (χ0v) is 17.9. The van der Waals surface area contributed by atoms with E-state index < -0.39 is 0 Å². The van der Waals surface area contributed by atoms with Gasteiger partial charge in [0.15, 0.2) is 0 Å². The summed E-state index contributed by atoms with van der Waals surface area (Å²) in [6, 6.07) is 30.0. The molecular weight excluding hydrogens is 408 g/mol. The number of rotatable bonds is 8. The molecule has 0 aliphatic carbocycles. The Hall–Kier alpha value is -3.34. The van der Waals surface area contributed by atoms with Crippen molar-refractivity contribution in [2.75, 3.05) is 0 Å². The van der Waals surface area contributed by atoms with Gasteiger partial charge < -0.3 is 15.2 Å². The topological polar surface area (TPSA) is 57.4 Å². The molecule has 158 valence electrons. The molecule has 3 aromatic carbocycles. The van der Waals surface area contributed by atoms with Crippen LogP contribution in [0, 0.1) is 0 Å². The van der Waals surface area contributed by atoms with Crippen LogP contribution >= 0.6 is 12.4 Å². The minimum Gasteiger partial charge on any atom is -0.489 e. The molecule has 0 spiro atoms. The Morgan fingerprint density at radius 3 is 1.94 bits per heavy atom. The van der Waals surface area contributed by atoms with Crippen LogP contribution in [0.1, 0.15) is 16.7 Å². The van der Waals surface area contributed by atoms with Gasteiger partial charge in [-0.1, -0.05) is 66.7 Å². The average Bonchev–Trinajstić information content (AvgIpc) is 2.83. The molecule has 0 saturated carbocycles. The number of aromatic nitrogens is 1. The molecule has 5 heteroatoms. The SMILES string of the molecule is Cl.NCc1ccc(OCc2ccccc2)cc1-c1ccc(OCc2ccccc2)nc1. The van der Waals surface area contributed by atoms with Crippen molar-refractivity contribution in [2.45, 2.75) is 19.8 Å². The minimum atomic E-state index is 0. The van der Waals surface area contributed by atoms with Crippen molar-refractivity contribution in [1.82, 2.24) is 4.98 Å². The van der Waals surface area contributed by atoms with Gasteiger partial charge in [0.1, 0.15) is 19.0 Å². The average molecular weight is 433 g/mol. The highest BCUT2D eigenvalue weighted by atomic mass is 35.5. The second kappa shape index (κ2) is 11.2. The first kappa shape index (κ1) is 22.3. The summed E-state index contributed by atoms with van der Waals surface area (Å²) in [6.07, 6.45) is 1.82. The fourth-order valence-corrected chi connectivity index (χ4v) is 3.19. The lowest BCUT2D eigenvalue weighted by molar-refractivity contribution is 0.294. The molecule has 0 amide bonds. The van der Waals surface area contributed by atoms with Crippen molar-refractivity contribution in [3.05, 3.63) is 114 Å². The number of hydrogen-bond acceptors (Lipinski definition) is 4. The van der Waals surface area contributed by atoms with Gasteiger partial charge in [-0.3, -0.25) is 0 Å². The van der Waals surface area contributed by atoms with E-state index >= 15 is 0 Å². The van der Waals surface area contributed by atoms with Crippen LogP contribution in [-0.2, 0) is 19.8 Å². The Bertz CT molecular complexity index is 1070. The van der Waals surface area contributed by atoms with Gasteiger partial charge in [-0.25, -0.2) is 4.98 Å². The summed E-state index contributed by atoms with van der Waals surface area (Å²) in [5.41, 5.74) is 11.2. The van der Waals surface area contributed by atoms with Crippen LogP contribution < -0.4 is 15.2 Å². The number of ether oxygens (including phenoxy) is 2. The zero-order valence-electron chi connectivity index (χ0n) is 17.1. The largest absolute Gasteiger partial charge is 0.489 e. The fraction of sp³-hybridized carbons (Fsp3) is 0.115. The maximum Gasteiger partial charge on any atom is 0.213 e. The van der Waals surface area contributed by atoms with Crippen LogP contribution in [0.3, 0.4) is 0 Å². The lowest BCUT2D eigenvalue weighted by Crippen LogP contribution is -2.01. The molecule has 0 saturated heterocycles. The molecule has 1 aromatic heterocycles. The monoisotopic (exact) mass is 432 g/mol. The Balaban J connectivity index is 0.00000272. The lowest BCUT2D eigenvalue weighted by atomic mass is 10.0. The Morgan fingerprint density at radius 2 is 1.35 bits per heavy atom. The summed E-state index contributed by atoms with van der Waals surface area (Å²) < 4.78 is 11.8. The Morgan fingerprint density at radius 1 is 0.710 bits per heavy atom. The molecule has 0 atom stereocenters. The van der Waals surface area contributed by atoms with E-state index in [0.29, 0.717) is 25.6 Å². The van der Waals surface area contributed by atoms with Gasteiger partial charge >= 0.3 is 0 Å².